The molecule has 2 unspecified atom stereocenters. The number of phosphoric ester groups is 1. The Labute approximate surface area is 537 Å². The topological polar surface area (TPSA) is 134 Å². The van der Waals surface area contributed by atoms with Gasteiger partial charge in [-0.05, 0) is 96.3 Å². The minimum atomic E-state index is -4.40. The van der Waals surface area contributed by atoms with E-state index in [1.807, 2.05) is 0 Å². The molecule has 0 bridgehead atoms. The fourth-order valence-corrected chi connectivity index (χ4v) is 11.3. The number of ether oxygens (including phenoxy) is 2. The quantitative estimate of drug-likeness (QED) is 0.0264. The molecule has 0 aliphatic carbocycles. The normalized spacial score (nSPS) is 13.5. The Morgan fingerprint density at radius 3 is 0.943 bits per heavy atom. The van der Waals surface area contributed by atoms with Gasteiger partial charge in [0.1, 0.15) is 6.61 Å². The maximum atomic E-state index is 12.8. The van der Waals surface area contributed by atoms with Crippen LogP contribution >= 0.6 is 7.82 Å². The van der Waals surface area contributed by atoms with E-state index in [4.69, 9.17) is 24.3 Å². The second-order valence-corrected chi connectivity index (χ2v) is 25.9. The molecule has 504 valence electrons. The maximum Gasteiger partial charge on any atom is 0.472 e. The molecule has 0 heterocycles. The average molecular weight is 1240 g/mol. The summed E-state index contributed by atoms with van der Waals surface area (Å²) in [6.07, 6.45) is 98.0. The van der Waals surface area contributed by atoms with Crippen molar-refractivity contribution >= 4 is 19.8 Å². The molecular formula is C77H138NO8P. The molecular weight excluding hydrogens is 1100 g/mol. The Hall–Kier alpha value is -3.07. The van der Waals surface area contributed by atoms with E-state index in [1.54, 1.807) is 0 Å². The molecule has 87 heavy (non-hydrogen) atoms. The lowest BCUT2D eigenvalue weighted by Crippen LogP contribution is -2.29. The number of rotatable bonds is 69. The van der Waals surface area contributed by atoms with Crippen LogP contribution in [0.1, 0.15) is 348 Å². The van der Waals surface area contributed by atoms with E-state index in [2.05, 4.69) is 111 Å². The zero-order chi connectivity index (χ0) is 63.0. The van der Waals surface area contributed by atoms with E-state index in [0.717, 1.165) is 83.5 Å². The highest BCUT2D eigenvalue weighted by atomic mass is 31.2. The SMILES string of the molecule is CC/C=C\C/C=C\C/C=C\C/C=C\C/C=C\C/C=C\CCCCCCCCCCCCCCCCCCCCC(=O)OC(COC(=O)CCCCCCCCCCCCCCCCCCC/C=C\C/C=C\CCCCCCC)COP(=O)(O)OCCN. The summed E-state index contributed by atoms with van der Waals surface area (Å²) in [7, 11) is -4.40. The first-order valence-corrected chi connectivity index (χ1v) is 38.2. The zero-order valence-corrected chi connectivity index (χ0v) is 57.6. The number of carbonyl (C=O) groups excluding carboxylic acids is 2. The molecule has 0 radical (unpaired) electrons. The molecule has 0 aliphatic rings. The van der Waals surface area contributed by atoms with Crippen molar-refractivity contribution in [3.05, 3.63) is 97.2 Å². The molecule has 9 nitrogen and oxygen atoms in total. The third kappa shape index (κ3) is 71.9. The maximum absolute atomic E-state index is 12.8. The van der Waals surface area contributed by atoms with Gasteiger partial charge in [0.2, 0.25) is 0 Å². The molecule has 0 amide bonds. The molecule has 0 rings (SSSR count). The van der Waals surface area contributed by atoms with E-state index in [-0.39, 0.29) is 38.6 Å². The number of hydrogen-bond acceptors (Lipinski definition) is 8. The average Bonchev–Trinajstić information content (AvgIpc) is 3.65. The highest BCUT2D eigenvalue weighted by Gasteiger charge is 2.26. The van der Waals surface area contributed by atoms with Gasteiger partial charge in [0.15, 0.2) is 6.10 Å². The van der Waals surface area contributed by atoms with Crippen molar-refractivity contribution in [1.82, 2.24) is 0 Å². The molecule has 0 aromatic heterocycles. The first kappa shape index (κ1) is 83.9. The molecule has 0 saturated heterocycles. The lowest BCUT2D eigenvalue weighted by Gasteiger charge is -2.19. The van der Waals surface area contributed by atoms with E-state index < -0.39 is 26.5 Å². The summed E-state index contributed by atoms with van der Waals surface area (Å²) in [5, 5.41) is 0. The second kappa shape index (κ2) is 72.0. The zero-order valence-electron chi connectivity index (χ0n) is 56.7. The number of allylic oxidation sites excluding steroid dienone is 16. The number of esters is 2. The molecule has 0 aromatic carbocycles. The van der Waals surface area contributed by atoms with Gasteiger partial charge in [-0.3, -0.25) is 18.6 Å². The van der Waals surface area contributed by atoms with Crippen LogP contribution in [-0.4, -0.2) is 49.3 Å². The standard InChI is InChI=1S/C77H138NO8P/c1-3-5-7-9-11-13-15-17-19-21-23-25-27-29-31-33-34-35-36-37-38-39-40-42-44-46-48-50-52-54-56-58-60-62-64-66-68-70-77(80)86-75(74-85-87(81,82)84-72-71-78)73-83-76(79)69-67-65-63-61-59-57-55-53-51-49-47-45-43-41-32-30-28-26-24-22-20-18-16-14-12-10-8-6-4-2/h5,7,11,13,16-19,22-25,29,31,34-35,75H,3-4,6,8-10,12,14-15,20-21,26-28,30,32-33,36-74,78H2,1-2H3,(H,81,82)/b7-5-,13-11-,18-16-,19-17-,24-22-,25-23-,31-29-,35-34-. The van der Waals surface area contributed by atoms with Crippen molar-refractivity contribution in [2.45, 2.75) is 354 Å². The van der Waals surface area contributed by atoms with Crippen LogP contribution in [0.25, 0.3) is 0 Å². The minimum absolute atomic E-state index is 0.0526. The monoisotopic (exact) mass is 1240 g/mol. The Balaban J connectivity index is 3.83. The van der Waals surface area contributed by atoms with Gasteiger partial charge < -0.3 is 20.1 Å². The Kier molecular flexibility index (Phi) is 69.5. The second-order valence-electron chi connectivity index (χ2n) is 24.4. The first-order chi connectivity index (χ1) is 42.8. The molecule has 0 saturated carbocycles. The van der Waals surface area contributed by atoms with Gasteiger partial charge in [-0.25, -0.2) is 4.57 Å². The van der Waals surface area contributed by atoms with Crippen LogP contribution in [0.2, 0.25) is 0 Å². The largest absolute Gasteiger partial charge is 0.472 e. The molecule has 0 spiro atoms. The predicted octanol–water partition coefficient (Wildman–Crippen LogP) is 24.3. The van der Waals surface area contributed by atoms with Crippen molar-refractivity contribution in [1.29, 1.82) is 0 Å². The summed E-state index contributed by atoms with van der Waals surface area (Å²) in [6, 6.07) is 0. The highest BCUT2D eigenvalue weighted by molar-refractivity contribution is 7.47. The Morgan fingerprint density at radius 1 is 0.356 bits per heavy atom. The molecule has 0 aliphatic heterocycles. The van der Waals surface area contributed by atoms with Crippen molar-refractivity contribution in [2.75, 3.05) is 26.4 Å². The molecule has 0 aromatic rings. The van der Waals surface area contributed by atoms with Crippen molar-refractivity contribution in [3.63, 3.8) is 0 Å². The van der Waals surface area contributed by atoms with Crippen LogP contribution in [0.5, 0.6) is 0 Å². The molecule has 10 heteroatoms. The smallest absolute Gasteiger partial charge is 0.462 e. The number of nitrogens with two attached hydrogens (primary N) is 1. The van der Waals surface area contributed by atoms with Crippen LogP contribution in [-0.2, 0) is 32.7 Å². The van der Waals surface area contributed by atoms with E-state index in [9.17, 15) is 19.0 Å². The summed E-state index contributed by atoms with van der Waals surface area (Å²) in [5.74, 6) is -0.813. The van der Waals surface area contributed by atoms with E-state index in [1.165, 1.54) is 231 Å². The molecule has 3 N–H and O–H groups in total. The number of carbonyl (C=O) groups is 2. The summed E-state index contributed by atoms with van der Waals surface area (Å²) in [6.45, 7) is 3.67. The van der Waals surface area contributed by atoms with Gasteiger partial charge in [-0.15, -0.1) is 0 Å². The van der Waals surface area contributed by atoms with Crippen LogP contribution in [0.15, 0.2) is 97.2 Å². The van der Waals surface area contributed by atoms with Crippen molar-refractivity contribution < 1.29 is 37.6 Å². The number of phosphoric acid groups is 1. The number of hydrogen-bond donors (Lipinski definition) is 2. The van der Waals surface area contributed by atoms with Gasteiger partial charge in [0, 0.05) is 19.4 Å². The lowest BCUT2D eigenvalue weighted by molar-refractivity contribution is -0.161. The summed E-state index contributed by atoms with van der Waals surface area (Å²) in [4.78, 5) is 35.4. The molecule has 2 atom stereocenters. The van der Waals surface area contributed by atoms with Crippen LogP contribution < -0.4 is 5.73 Å². The third-order valence-electron chi connectivity index (χ3n) is 16.0. The fourth-order valence-electron chi connectivity index (χ4n) is 10.6. The molecule has 0 fully saturated rings. The Morgan fingerprint density at radius 2 is 0.632 bits per heavy atom. The summed E-state index contributed by atoms with van der Waals surface area (Å²) < 4.78 is 33.2. The lowest BCUT2D eigenvalue weighted by atomic mass is 10.0. The van der Waals surface area contributed by atoms with Crippen molar-refractivity contribution in [3.8, 4) is 0 Å². The van der Waals surface area contributed by atoms with Gasteiger partial charge in [-0.1, -0.05) is 336 Å². The van der Waals surface area contributed by atoms with Crippen molar-refractivity contribution in [2.24, 2.45) is 5.73 Å². The highest BCUT2D eigenvalue weighted by Crippen LogP contribution is 2.43. The van der Waals surface area contributed by atoms with Crippen LogP contribution in [0.3, 0.4) is 0 Å². The predicted molar refractivity (Wildman–Crippen MR) is 376 cm³/mol. The van der Waals surface area contributed by atoms with E-state index >= 15 is 0 Å². The first-order valence-electron chi connectivity index (χ1n) is 36.7. The van der Waals surface area contributed by atoms with Gasteiger partial charge in [0.25, 0.3) is 0 Å². The Bertz CT molecular complexity index is 1750. The minimum Gasteiger partial charge on any atom is -0.462 e. The summed E-state index contributed by atoms with van der Waals surface area (Å²) in [5.41, 5.74) is 5.41. The number of unbranched alkanes of at least 4 members (excludes halogenated alkanes) is 40. The third-order valence-corrected chi connectivity index (χ3v) is 16.9. The summed E-state index contributed by atoms with van der Waals surface area (Å²) >= 11 is 0. The van der Waals surface area contributed by atoms with Gasteiger partial charge in [-0.2, -0.15) is 0 Å². The van der Waals surface area contributed by atoms with Gasteiger partial charge in [0.05, 0.1) is 13.2 Å². The van der Waals surface area contributed by atoms with Gasteiger partial charge >= 0.3 is 19.8 Å². The van der Waals surface area contributed by atoms with E-state index in [0.29, 0.717) is 6.42 Å². The van der Waals surface area contributed by atoms with Crippen LogP contribution in [0, 0.1) is 0 Å². The van der Waals surface area contributed by atoms with Crippen LogP contribution in [0.4, 0.5) is 0 Å². The fraction of sp³-hybridized carbons (Fsp3) is 0.766.